The molecule has 4 heteroatoms. The van der Waals surface area contributed by atoms with Gasteiger partial charge in [0.15, 0.2) is 0 Å². The van der Waals surface area contributed by atoms with E-state index in [1.165, 1.54) is 5.56 Å². The lowest BCUT2D eigenvalue weighted by atomic mass is 9.86. The average molecular weight is 327 g/mol. The third kappa shape index (κ3) is 3.46. The Kier molecular flexibility index (Phi) is 4.90. The number of rotatable bonds is 5. The fraction of sp³-hybridized carbons (Fsp3) is 0.400. The lowest BCUT2D eigenvalue weighted by molar-refractivity contribution is -0.0643. The number of aliphatic hydroxyl groups excluding tert-OH is 2. The van der Waals surface area contributed by atoms with Gasteiger partial charge in [-0.05, 0) is 44.0 Å². The molecule has 1 aliphatic heterocycles. The van der Waals surface area contributed by atoms with Crippen LogP contribution in [0.15, 0.2) is 48.5 Å². The highest BCUT2D eigenvalue weighted by Gasteiger charge is 2.42. The van der Waals surface area contributed by atoms with E-state index in [9.17, 15) is 10.2 Å². The van der Waals surface area contributed by atoms with Gasteiger partial charge in [-0.2, -0.15) is 0 Å². The van der Waals surface area contributed by atoms with E-state index in [-0.39, 0.29) is 12.6 Å². The Morgan fingerprint density at radius 3 is 2.62 bits per heavy atom. The van der Waals surface area contributed by atoms with Crippen molar-refractivity contribution in [2.75, 3.05) is 6.54 Å². The van der Waals surface area contributed by atoms with Crippen LogP contribution < -0.4 is 10.1 Å². The molecule has 0 saturated heterocycles. The van der Waals surface area contributed by atoms with Gasteiger partial charge in [0.1, 0.15) is 17.5 Å². The van der Waals surface area contributed by atoms with Crippen LogP contribution in [0, 0.1) is 0 Å². The normalized spacial score (nSPS) is 21.8. The summed E-state index contributed by atoms with van der Waals surface area (Å²) >= 11 is 0. The Labute approximate surface area is 143 Å². The zero-order valence-electron chi connectivity index (χ0n) is 14.2. The van der Waals surface area contributed by atoms with E-state index in [2.05, 4.69) is 11.4 Å². The fourth-order valence-electron chi connectivity index (χ4n) is 3.22. The molecule has 2 aromatic rings. The highest BCUT2D eigenvalue weighted by Crippen LogP contribution is 2.39. The van der Waals surface area contributed by atoms with Gasteiger partial charge in [0.25, 0.3) is 0 Å². The molecular weight excluding hydrogens is 302 g/mol. The highest BCUT2D eigenvalue weighted by atomic mass is 16.5. The molecule has 2 unspecified atom stereocenters. The number of benzene rings is 2. The van der Waals surface area contributed by atoms with E-state index in [0.29, 0.717) is 0 Å². The van der Waals surface area contributed by atoms with Gasteiger partial charge in [0.05, 0.1) is 12.6 Å². The van der Waals surface area contributed by atoms with E-state index in [1.807, 2.05) is 56.3 Å². The van der Waals surface area contributed by atoms with Crippen LogP contribution in [0.3, 0.4) is 0 Å². The Morgan fingerprint density at radius 1 is 1.08 bits per heavy atom. The van der Waals surface area contributed by atoms with Crippen LogP contribution in [0.25, 0.3) is 0 Å². The quantitative estimate of drug-likeness (QED) is 0.790. The van der Waals surface area contributed by atoms with Gasteiger partial charge >= 0.3 is 0 Å². The summed E-state index contributed by atoms with van der Waals surface area (Å²) in [6.45, 7) is 4.61. The molecule has 0 aliphatic carbocycles. The minimum atomic E-state index is -0.636. The molecule has 1 aliphatic rings. The molecule has 2 atom stereocenters. The van der Waals surface area contributed by atoms with Crippen molar-refractivity contribution in [1.29, 1.82) is 0 Å². The van der Waals surface area contributed by atoms with Crippen molar-refractivity contribution in [3.63, 3.8) is 0 Å². The number of hydrogen-bond donors (Lipinski definition) is 3. The number of nitrogens with one attached hydrogen (secondary N) is 1. The van der Waals surface area contributed by atoms with Crippen LogP contribution in [0.4, 0.5) is 0 Å². The van der Waals surface area contributed by atoms with Crippen LogP contribution >= 0.6 is 0 Å². The van der Waals surface area contributed by atoms with Crippen LogP contribution in [0.5, 0.6) is 5.75 Å². The zero-order valence-corrected chi connectivity index (χ0v) is 14.2. The molecule has 3 rings (SSSR count). The predicted molar refractivity (Wildman–Crippen MR) is 94.0 cm³/mol. The third-order valence-electron chi connectivity index (χ3n) is 4.61. The molecule has 1 heterocycles. The highest BCUT2D eigenvalue weighted by molar-refractivity contribution is 5.40. The van der Waals surface area contributed by atoms with Crippen LogP contribution in [-0.2, 0) is 13.0 Å². The van der Waals surface area contributed by atoms with Gasteiger partial charge in [-0.15, -0.1) is 0 Å². The summed E-state index contributed by atoms with van der Waals surface area (Å²) in [5, 5.41) is 23.4. The van der Waals surface area contributed by atoms with E-state index >= 15 is 0 Å². The molecule has 0 saturated carbocycles. The maximum atomic E-state index is 10.7. The van der Waals surface area contributed by atoms with E-state index < -0.39 is 11.7 Å². The van der Waals surface area contributed by atoms with Crippen molar-refractivity contribution in [2.45, 2.75) is 44.6 Å². The van der Waals surface area contributed by atoms with E-state index in [1.54, 1.807) is 0 Å². The minimum absolute atomic E-state index is 0.0571. The molecule has 128 valence electrons. The molecule has 24 heavy (non-hydrogen) atoms. The second-order valence-electron chi connectivity index (χ2n) is 6.85. The Hall–Kier alpha value is -1.88. The van der Waals surface area contributed by atoms with E-state index in [0.717, 1.165) is 29.8 Å². The molecule has 0 fully saturated rings. The van der Waals surface area contributed by atoms with Crippen molar-refractivity contribution >= 4 is 0 Å². The van der Waals surface area contributed by atoms with E-state index in [4.69, 9.17) is 4.74 Å². The zero-order chi connectivity index (χ0) is 17.2. The number of hydrogen-bond acceptors (Lipinski definition) is 4. The molecule has 3 N–H and O–H groups in total. The largest absolute Gasteiger partial charge is 0.485 e. The number of aliphatic hydroxyl groups is 2. The predicted octanol–water partition coefficient (Wildman–Crippen LogP) is 2.58. The molecule has 2 aromatic carbocycles. The average Bonchev–Trinajstić information content (AvgIpc) is 2.58. The number of para-hydroxylation sites is 1. The lowest BCUT2D eigenvalue weighted by Crippen LogP contribution is -2.52. The van der Waals surface area contributed by atoms with Crippen LogP contribution in [-0.4, -0.2) is 28.5 Å². The van der Waals surface area contributed by atoms with Gasteiger partial charge in [-0.3, -0.25) is 0 Å². The van der Waals surface area contributed by atoms with Gasteiger partial charge in [0.2, 0.25) is 0 Å². The van der Waals surface area contributed by atoms with Gasteiger partial charge < -0.3 is 20.3 Å². The van der Waals surface area contributed by atoms with Gasteiger partial charge in [-0.25, -0.2) is 0 Å². The van der Waals surface area contributed by atoms with Crippen molar-refractivity contribution in [2.24, 2.45) is 0 Å². The molecule has 0 spiro atoms. The lowest BCUT2D eigenvalue weighted by Gasteiger charge is -2.42. The van der Waals surface area contributed by atoms with Crippen molar-refractivity contribution in [3.05, 3.63) is 65.2 Å². The SMILES string of the molecule is CC1(C)Oc2ccccc2C(NCCc2cccc(CO)c2)C1O. The summed E-state index contributed by atoms with van der Waals surface area (Å²) in [4.78, 5) is 0. The fourth-order valence-corrected chi connectivity index (χ4v) is 3.22. The van der Waals surface area contributed by atoms with Gasteiger partial charge in [-0.1, -0.05) is 42.5 Å². The molecular formula is C20H25NO3. The molecule has 0 radical (unpaired) electrons. The summed E-state index contributed by atoms with van der Waals surface area (Å²) in [6, 6.07) is 15.6. The minimum Gasteiger partial charge on any atom is -0.485 e. The maximum Gasteiger partial charge on any atom is 0.131 e. The summed E-state index contributed by atoms with van der Waals surface area (Å²) in [5.41, 5.74) is 2.45. The molecule has 0 aromatic heterocycles. The van der Waals surface area contributed by atoms with Crippen molar-refractivity contribution in [3.8, 4) is 5.75 Å². The monoisotopic (exact) mass is 327 g/mol. The first-order valence-electron chi connectivity index (χ1n) is 8.39. The number of fused-ring (bicyclic) bond motifs is 1. The molecule has 0 amide bonds. The molecule has 4 nitrogen and oxygen atoms in total. The smallest absolute Gasteiger partial charge is 0.131 e. The topological polar surface area (TPSA) is 61.7 Å². The van der Waals surface area contributed by atoms with Crippen molar-refractivity contribution < 1.29 is 14.9 Å². The Balaban J connectivity index is 1.71. The summed E-state index contributed by atoms with van der Waals surface area (Å²) in [7, 11) is 0. The van der Waals surface area contributed by atoms with Gasteiger partial charge in [0, 0.05) is 5.56 Å². The standard InChI is InChI=1S/C20H25NO3/c1-20(2)19(23)18(16-8-3-4-9-17(16)24-20)21-11-10-14-6-5-7-15(12-14)13-22/h3-9,12,18-19,21-23H,10-11,13H2,1-2H3. The summed E-state index contributed by atoms with van der Waals surface area (Å²) < 4.78 is 5.94. The third-order valence-corrected chi connectivity index (χ3v) is 4.61. The maximum absolute atomic E-state index is 10.7. The first-order chi connectivity index (χ1) is 11.5. The van der Waals surface area contributed by atoms with Crippen LogP contribution in [0.2, 0.25) is 0 Å². The molecule has 0 bridgehead atoms. The second kappa shape index (κ2) is 6.93. The first-order valence-corrected chi connectivity index (χ1v) is 8.39. The second-order valence-corrected chi connectivity index (χ2v) is 6.85. The summed E-state index contributed by atoms with van der Waals surface area (Å²) in [5.74, 6) is 0.826. The Bertz CT molecular complexity index is 699. The van der Waals surface area contributed by atoms with Crippen LogP contribution in [0.1, 0.15) is 36.6 Å². The number of ether oxygens (including phenoxy) is 1. The first kappa shape index (κ1) is 17.0. The van der Waals surface area contributed by atoms with Crippen molar-refractivity contribution in [1.82, 2.24) is 5.32 Å². The summed E-state index contributed by atoms with van der Waals surface area (Å²) in [6.07, 6.45) is 0.205. The Morgan fingerprint density at radius 2 is 1.83 bits per heavy atom.